The van der Waals surface area contributed by atoms with Crippen molar-refractivity contribution in [1.29, 1.82) is 0 Å². The third-order valence-electron chi connectivity index (χ3n) is 10.9. The van der Waals surface area contributed by atoms with Gasteiger partial charge in [-0.1, -0.05) is 109 Å². The van der Waals surface area contributed by atoms with Crippen molar-refractivity contribution in [3.63, 3.8) is 0 Å². The Morgan fingerprint density at radius 1 is 0.694 bits per heavy atom. The first-order valence-corrected chi connectivity index (χ1v) is 24.5. The molecule has 0 bridgehead atoms. The minimum atomic E-state index is -1.84. The van der Waals surface area contributed by atoms with Gasteiger partial charge in [-0.05, 0) is 110 Å². The summed E-state index contributed by atoms with van der Waals surface area (Å²) in [5.74, 6) is -0.112. The third kappa shape index (κ3) is 13.3. The first-order chi connectivity index (χ1) is 22.6. The fraction of sp³-hybridized carbons (Fsp3) is 0.684. The number of hydrogen-bond donors (Lipinski definition) is 1. The van der Waals surface area contributed by atoms with E-state index in [9.17, 15) is 8.78 Å². The van der Waals surface area contributed by atoms with Crippen molar-refractivity contribution < 1.29 is 17.6 Å². The lowest BCUT2D eigenvalue weighted by Crippen LogP contribution is -2.39. The zero-order valence-electron chi connectivity index (χ0n) is 30.4. The summed E-state index contributed by atoms with van der Waals surface area (Å²) >= 11 is 25.2. The highest BCUT2D eigenvalue weighted by Crippen LogP contribution is 2.44. The molecule has 0 saturated heterocycles. The molecular weight excluding hydrogens is 738 g/mol. The van der Waals surface area contributed by atoms with Gasteiger partial charge < -0.3 is 14.6 Å². The van der Waals surface area contributed by atoms with Crippen LogP contribution in [0, 0.1) is 23.0 Å². The number of halogens is 6. The lowest BCUT2D eigenvalue weighted by atomic mass is 9.72. The van der Waals surface area contributed by atoms with E-state index in [1.54, 1.807) is 0 Å². The topological polar surface area (TPSA) is 44.5 Å². The van der Waals surface area contributed by atoms with Crippen molar-refractivity contribution in [2.24, 2.45) is 17.1 Å². The first kappa shape index (κ1) is 46.8. The molecule has 0 amide bonds. The van der Waals surface area contributed by atoms with Crippen LogP contribution in [0.4, 0.5) is 8.78 Å². The van der Waals surface area contributed by atoms with Gasteiger partial charge in [0.15, 0.2) is 16.6 Å². The first-order valence-electron chi connectivity index (χ1n) is 17.9. The van der Waals surface area contributed by atoms with E-state index in [1.807, 2.05) is 0 Å². The molecule has 2 N–H and O–H groups in total. The predicted octanol–water partition coefficient (Wildman–Crippen LogP) is 15.0. The fourth-order valence-corrected chi connectivity index (χ4v) is 14.0. The molecule has 1 aliphatic carbocycles. The van der Waals surface area contributed by atoms with Crippen LogP contribution in [0.2, 0.25) is 56.4 Å². The lowest BCUT2D eigenvalue weighted by molar-refractivity contribution is 0.142. The van der Waals surface area contributed by atoms with Gasteiger partial charge >= 0.3 is 0 Å². The van der Waals surface area contributed by atoms with E-state index in [2.05, 4.69) is 55.4 Å². The van der Waals surface area contributed by atoms with Crippen molar-refractivity contribution in [1.82, 2.24) is 0 Å². The smallest absolute Gasteiger partial charge is 0.192 e. The monoisotopic (exact) mass is 799 g/mol. The summed E-state index contributed by atoms with van der Waals surface area (Å²) in [6.07, 6.45) is 6.66. The van der Waals surface area contributed by atoms with Gasteiger partial charge in [-0.25, -0.2) is 8.78 Å². The van der Waals surface area contributed by atoms with Gasteiger partial charge in [0.2, 0.25) is 0 Å². The number of rotatable bonds is 16. The molecular formula is C38H63Cl4F2NO2Si2. The molecule has 11 heteroatoms. The van der Waals surface area contributed by atoms with Gasteiger partial charge in [-0.2, -0.15) is 0 Å². The Morgan fingerprint density at radius 2 is 1.02 bits per heavy atom. The molecule has 2 unspecified atom stereocenters. The predicted molar refractivity (Wildman–Crippen MR) is 216 cm³/mol. The summed E-state index contributed by atoms with van der Waals surface area (Å²) in [4.78, 5) is 0. The van der Waals surface area contributed by atoms with E-state index in [-0.39, 0.29) is 36.2 Å². The maximum atomic E-state index is 13.8. The Bertz CT molecular complexity index is 1220. The van der Waals surface area contributed by atoms with Crippen molar-refractivity contribution >= 4 is 63.0 Å². The highest BCUT2D eigenvalue weighted by atomic mass is 35.5. The molecule has 3 nitrogen and oxygen atoms in total. The molecule has 0 spiro atoms. The van der Waals surface area contributed by atoms with Gasteiger partial charge in [0.25, 0.3) is 0 Å². The van der Waals surface area contributed by atoms with Gasteiger partial charge in [0.05, 0.1) is 32.3 Å². The van der Waals surface area contributed by atoms with E-state index in [0.29, 0.717) is 21.0 Å². The highest BCUT2D eigenvalue weighted by Gasteiger charge is 2.36. The Balaban J connectivity index is 0.000000507. The fourth-order valence-electron chi connectivity index (χ4n) is 6.95. The Hall–Kier alpha value is -0.226. The maximum absolute atomic E-state index is 13.8. The molecule has 0 aromatic heterocycles. The van der Waals surface area contributed by atoms with Gasteiger partial charge in [0, 0.05) is 17.7 Å². The molecule has 0 heterocycles. The van der Waals surface area contributed by atoms with Crippen LogP contribution in [0.1, 0.15) is 125 Å². The minimum Gasteiger partial charge on any atom is -0.410 e. The van der Waals surface area contributed by atoms with Crippen LogP contribution < -0.4 is 5.73 Å². The maximum Gasteiger partial charge on any atom is 0.192 e. The second kappa shape index (κ2) is 21.5. The summed E-state index contributed by atoms with van der Waals surface area (Å²) in [7, 11) is -3.68. The molecule has 49 heavy (non-hydrogen) atoms. The van der Waals surface area contributed by atoms with Crippen LogP contribution in [-0.4, -0.2) is 23.2 Å². The Kier molecular flexibility index (Phi) is 20.5. The summed E-state index contributed by atoms with van der Waals surface area (Å²) in [5.41, 5.74) is 7.70. The van der Waals surface area contributed by atoms with Crippen LogP contribution in [0.25, 0.3) is 0 Å². The largest absolute Gasteiger partial charge is 0.410 e. The summed E-state index contributed by atoms with van der Waals surface area (Å²) in [6, 6.07) is 11.5. The molecule has 282 valence electrons. The SMILES string of the molecule is C.CC[Si](CC)(CC)OC(CCC1CCC(C)(C)CC1)c1c(Cl)cc(F)cc1Cl.CC[Si](CC)(CC)OC(CN)c1c(Cl)cc(F)cc1Cl. The molecule has 2 atom stereocenters. The van der Waals surface area contributed by atoms with Crippen LogP contribution in [0.5, 0.6) is 0 Å². The number of benzene rings is 2. The Labute approximate surface area is 319 Å². The molecule has 2 aromatic rings. The average Bonchev–Trinajstić information content (AvgIpc) is 3.04. The molecule has 2 aromatic carbocycles. The summed E-state index contributed by atoms with van der Waals surface area (Å²) in [6.45, 7) is 18.1. The molecule has 1 fully saturated rings. The zero-order valence-corrected chi connectivity index (χ0v) is 35.4. The second-order valence-corrected chi connectivity index (χ2v) is 25.3. The molecule has 0 aliphatic heterocycles. The molecule has 1 saturated carbocycles. The molecule has 1 aliphatic rings. The van der Waals surface area contributed by atoms with Gasteiger partial charge in [0.1, 0.15) is 11.6 Å². The summed E-state index contributed by atoms with van der Waals surface area (Å²) in [5, 5.41) is 1.34. The lowest BCUT2D eigenvalue weighted by Gasteiger charge is -2.37. The van der Waals surface area contributed by atoms with Crippen LogP contribution in [0.3, 0.4) is 0 Å². The van der Waals surface area contributed by atoms with E-state index < -0.39 is 28.3 Å². The summed E-state index contributed by atoms with van der Waals surface area (Å²) < 4.78 is 40.2. The highest BCUT2D eigenvalue weighted by molar-refractivity contribution is 6.74. The minimum absolute atomic E-state index is 0. The van der Waals surface area contributed by atoms with E-state index in [1.165, 1.54) is 49.9 Å². The van der Waals surface area contributed by atoms with Gasteiger partial charge in [-0.15, -0.1) is 0 Å². The van der Waals surface area contributed by atoms with E-state index in [4.69, 9.17) is 61.0 Å². The van der Waals surface area contributed by atoms with Crippen molar-refractivity contribution in [3.8, 4) is 0 Å². The van der Waals surface area contributed by atoms with E-state index in [0.717, 1.165) is 60.6 Å². The van der Waals surface area contributed by atoms with Crippen LogP contribution >= 0.6 is 46.4 Å². The number of nitrogens with two attached hydrogens (primary N) is 1. The number of hydrogen-bond acceptors (Lipinski definition) is 3. The second-order valence-electron chi connectivity index (χ2n) is 14.2. The average molecular weight is 802 g/mol. The van der Waals surface area contributed by atoms with Gasteiger partial charge in [-0.3, -0.25) is 0 Å². The Morgan fingerprint density at radius 3 is 1.35 bits per heavy atom. The van der Waals surface area contributed by atoms with Crippen molar-refractivity contribution in [3.05, 3.63) is 67.1 Å². The zero-order chi connectivity index (χ0) is 36.3. The molecule has 0 radical (unpaired) electrons. The van der Waals surface area contributed by atoms with Crippen molar-refractivity contribution in [2.75, 3.05) is 6.54 Å². The standard InChI is InChI=1S/C23H37Cl2FOSi.C14H22Cl2FNOSi.CH4/c1-6-28(7-2,8-3)27-21(22-19(24)15-18(26)16-20(22)25)10-9-17-11-13-23(4,5)14-12-17;1-4-20(5-2,6-3)19-13(9-18)14-11(15)7-10(17)8-12(14)16;/h15-17,21H,6-14H2,1-5H3;7-8,13H,4-6,9,18H2,1-3H3;1H4. The van der Waals surface area contributed by atoms with Crippen molar-refractivity contribution in [2.45, 2.75) is 150 Å². The quantitative estimate of drug-likeness (QED) is 0.172. The van der Waals surface area contributed by atoms with Crippen LogP contribution in [-0.2, 0) is 8.85 Å². The molecule has 3 rings (SSSR count). The third-order valence-corrected chi connectivity index (χ3v) is 21.4. The normalized spacial score (nSPS) is 16.4. The van der Waals surface area contributed by atoms with E-state index >= 15 is 0 Å². The van der Waals surface area contributed by atoms with Crippen LogP contribution in [0.15, 0.2) is 24.3 Å².